The average molecular weight is 716 g/mol. The van der Waals surface area contributed by atoms with Gasteiger partial charge in [0.2, 0.25) is 0 Å². The number of hydrogen-bond acceptors (Lipinski definition) is 2. The first-order valence-electron chi connectivity index (χ1n) is 19.1. The molecule has 1 aromatic heterocycles. The van der Waals surface area contributed by atoms with E-state index in [1.165, 1.54) is 22.3 Å². The lowest BCUT2D eigenvalue weighted by Crippen LogP contribution is -2.10. The standard InChI is InChI=1S/C54H37NO/c1-4-13-38(14-5-1)41-29-33-46(34-30-41)55(48-20-10-19-45(37-48)39-15-6-2-7-16-39)47-35-31-42(32-36-47)40-25-27-44(28-26-40)50-22-12-24-52-51-23-11-21-49(53(51)56-54(50)52)43-17-8-3-9-18-43/h1-37H. The first-order valence-corrected chi connectivity index (χ1v) is 19.1. The van der Waals surface area contributed by atoms with Gasteiger partial charge in [-0.05, 0) is 80.9 Å². The first-order chi connectivity index (χ1) is 27.8. The Kier molecular flexibility index (Phi) is 8.55. The number of fused-ring (bicyclic) bond motifs is 3. The van der Waals surface area contributed by atoms with E-state index < -0.39 is 0 Å². The Morgan fingerprint density at radius 2 is 0.607 bits per heavy atom. The van der Waals surface area contributed by atoms with Gasteiger partial charge in [0.1, 0.15) is 11.2 Å². The van der Waals surface area contributed by atoms with E-state index in [2.05, 4.69) is 223 Å². The SMILES string of the molecule is c1ccc(-c2ccc(N(c3ccc(-c4ccc(-c5cccc6c5oc5c(-c7ccccc7)cccc56)cc4)cc3)c3cccc(-c4ccccc4)c3)cc2)cc1. The van der Waals surface area contributed by atoms with Gasteiger partial charge >= 0.3 is 0 Å². The summed E-state index contributed by atoms with van der Waals surface area (Å²) in [4.78, 5) is 2.34. The molecule has 0 atom stereocenters. The Morgan fingerprint density at radius 3 is 1.11 bits per heavy atom. The lowest BCUT2D eigenvalue weighted by molar-refractivity contribution is 0.671. The summed E-state index contributed by atoms with van der Waals surface area (Å²) in [6.07, 6.45) is 0. The van der Waals surface area contributed by atoms with Gasteiger partial charge in [0.15, 0.2) is 0 Å². The molecule has 0 saturated heterocycles. The lowest BCUT2D eigenvalue weighted by atomic mass is 9.98. The molecule has 0 aliphatic rings. The molecule has 9 aromatic carbocycles. The van der Waals surface area contributed by atoms with Crippen LogP contribution in [0.2, 0.25) is 0 Å². The van der Waals surface area contributed by atoms with E-state index in [0.717, 1.165) is 72.4 Å². The van der Waals surface area contributed by atoms with Crippen LogP contribution in [0.3, 0.4) is 0 Å². The molecule has 1 heterocycles. The fourth-order valence-corrected chi connectivity index (χ4v) is 7.87. The molecule has 56 heavy (non-hydrogen) atoms. The van der Waals surface area contributed by atoms with Crippen molar-refractivity contribution < 1.29 is 4.42 Å². The molecule has 2 heteroatoms. The molecule has 0 aliphatic carbocycles. The second kappa shape index (κ2) is 14.4. The van der Waals surface area contributed by atoms with Crippen molar-refractivity contribution in [1.29, 1.82) is 0 Å². The maximum atomic E-state index is 6.70. The Morgan fingerprint density at radius 1 is 0.250 bits per heavy atom. The molecular formula is C54H37NO. The summed E-state index contributed by atoms with van der Waals surface area (Å²) < 4.78 is 6.70. The minimum Gasteiger partial charge on any atom is -0.455 e. The molecule has 0 amide bonds. The van der Waals surface area contributed by atoms with E-state index >= 15 is 0 Å². The van der Waals surface area contributed by atoms with E-state index in [-0.39, 0.29) is 0 Å². The van der Waals surface area contributed by atoms with Crippen LogP contribution in [0.1, 0.15) is 0 Å². The summed E-state index contributed by atoms with van der Waals surface area (Å²) >= 11 is 0. The van der Waals surface area contributed by atoms with Crippen LogP contribution in [0.5, 0.6) is 0 Å². The molecule has 0 aliphatic heterocycles. The van der Waals surface area contributed by atoms with Crippen LogP contribution >= 0.6 is 0 Å². The van der Waals surface area contributed by atoms with Crippen molar-refractivity contribution in [3.05, 3.63) is 224 Å². The van der Waals surface area contributed by atoms with Gasteiger partial charge in [0.25, 0.3) is 0 Å². The number of para-hydroxylation sites is 2. The van der Waals surface area contributed by atoms with Crippen LogP contribution < -0.4 is 4.90 Å². The second-order valence-corrected chi connectivity index (χ2v) is 14.1. The van der Waals surface area contributed by atoms with Crippen molar-refractivity contribution in [2.45, 2.75) is 0 Å². The molecule has 0 bridgehead atoms. The molecule has 0 N–H and O–H groups in total. The smallest absolute Gasteiger partial charge is 0.143 e. The quantitative estimate of drug-likeness (QED) is 0.156. The normalized spacial score (nSPS) is 11.2. The minimum atomic E-state index is 0.913. The van der Waals surface area contributed by atoms with Gasteiger partial charge in [-0.1, -0.05) is 188 Å². The van der Waals surface area contributed by atoms with Crippen LogP contribution in [0.25, 0.3) is 77.6 Å². The molecule has 2 nitrogen and oxygen atoms in total. The van der Waals surface area contributed by atoms with Gasteiger partial charge in [-0.15, -0.1) is 0 Å². The Hall–Kier alpha value is -7.42. The van der Waals surface area contributed by atoms with Gasteiger partial charge in [-0.3, -0.25) is 0 Å². The van der Waals surface area contributed by atoms with Crippen LogP contribution in [0.15, 0.2) is 229 Å². The molecule has 264 valence electrons. The van der Waals surface area contributed by atoms with E-state index in [0.29, 0.717) is 0 Å². The predicted molar refractivity (Wildman–Crippen MR) is 236 cm³/mol. The topological polar surface area (TPSA) is 16.4 Å². The van der Waals surface area contributed by atoms with Crippen molar-refractivity contribution in [2.24, 2.45) is 0 Å². The number of hydrogen-bond donors (Lipinski definition) is 0. The highest BCUT2D eigenvalue weighted by atomic mass is 16.3. The van der Waals surface area contributed by atoms with Crippen molar-refractivity contribution in [3.8, 4) is 55.6 Å². The summed E-state index contributed by atoms with van der Waals surface area (Å²) in [5.41, 5.74) is 16.7. The number of benzene rings is 9. The van der Waals surface area contributed by atoms with Crippen molar-refractivity contribution >= 4 is 39.0 Å². The number of nitrogens with zero attached hydrogens (tertiary/aromatic N) is 1. The second-order valence-electron chi connectivity index (χ2n) is 14.1. The Balaban J connectivity index is 0.983. The lowest BCUT2D eigenvalue weighted by Gasteiger charge is -2.26. The summed E-state index contributed by atoms with van der Waals surface area (Å²) in [5, 5.41) is 2.26. The highest BCUT2D eigenvalue weighted by molar-refractivity contribution is 6.13. The van der Waals surface area contributed by atoms with Crippen molar-refractivity contribution in [3.63, 3.8) is 0 Å². The number of anilines is 3. The third-order valence-corrected chi connectivity index (χ3v) is 10.7. The molecule has 0 unspecified atom stereocenters. The number of rotatable bonds is 8. The Labute approximate surface area is 327 Å². The third-order valence-electron chi connectivity index (χ3n) is 10.7. The zero-order valence-corrected chi connectivity index (χ0v) is 30.7. The molecule has 0 spiro atoms. The van der Waals surface area contributed by atoms with Crippen LogP contribution in [0.4, 0.5) is 17.1 Å². The molecule has 10 rings (SSSR count). The average Bonchev–Trinajstić information content (AvgIpc) is 3.68. The predicted octanol–water partition coefficient (Wildman–Crippen LogP) is 15.4. The van der Waals surface area contributed by atoms with E-state index in [9.17, 15) is 0 Å². The van der Waals surface area contributed by atoms with E-state index in [1.807, 2.05) is 6.07 Å². The van der Waals surface area contributed by atoms with Crippen LogP contribution in [0, 0.1) is 0 Å². The molecule has 0 saturated carbocycles. The van der Waals surface area contributed by atoms with Crippen LogP contribution in [-0.2, 0) is 0 Å². The van der Waals surface area contributed by atoms with Gasteiger partial charge in [0.05, 0.1) is 0 Å². The maximum Gasteiger partial charge on any atom is 0.143 e. The molecular weight excluding hydrogens is 679 g/mol. The number of furan rings is 1. The summed E-state index contributed by atoms with van der Waals surface area (Å²) in [6.45, 7) is 0. The fraction of sp³-hybridized carbons (Fsp3) is 0. The third kappa shape index (κ3) is 6.24. The molecule has 0 fully saturated rings. The van der Waals surface area contributed by atoms with Gasteiger partial charge in [-0.25, -0.2) is 0 Å². The highest BCUT2D eigenvalue weighted by Crippen LogP contribution is 2.41. The van der Waals surface area contributed by atoms with Gasteiger partial charge in [-0.2, -0.15) is 0 Å². The minimum absolute atomic E-state index is 0.913. The first kappa shape index (κ1) is 33.2. The largest absolute Gasteiger partial charge is 0.455 e. The molecule has 10 aromatic rings. The zero-order valence-electron chi connectivity index (χ0n) is 30.7. The van der Waals surface area contributed by atoms with E-state index in [1.54, 1.807) is 0 Å². The van der Waals surface area contributed by atoms with Crippen molar-refractivity contribution in [1.82, 2.24) is 0 Å². The zero-order chi connectivity index (χ0) is 37.3. The summed E-state index contributed by atoms with van der Waals surface area (Å²) in [6, 6.07) is 79.8. The summed E-state index contributed by atoms with van der Waals surface area (Å²) in [5.74, 6) is 0. The monoisotopic (exact) mass is 715 g/mol. The fourth-order valence-electron chi connectivity index (χ4n) is 7.87. The van der Waals surface area contributed by atoms with Crippen molar-refractivity contribution in [2.75, 3.05) is 4.90 Å². The summed E-state index contributed by atoms with van der Waals surface area (Å²) in [7, 11) is 0. The maximum absolute atomic E-state index is 6.70. The van der Waals surface area contributed by atoms with Gasteiger partial charge in [0, 0.05) is 39.0 Å². The van der Waals surface area contributed by atoms with E-state index in [4.69, 9.17) is 4.42 Å². The Bertz CT molecular complexity index is 2910. The van der Waals surface area contributed by atoms with Crippen LogP contribution in [-0.4, -0.2) is 0 Å². The highest BCUT2D eigenvalue weighted by Gasteiger charge is 2.17. The molecule has 0 radical (unpaired) electrons. The van der Waals surface area contributed by atoms with Gasteiger partial charge < -0.3 is 9.32 Å².